The molecule has 0 radical (unpaired) electrons. The summed E-state index contributed by atoms with van der Waals surface area (Å²) in [7, 11) is 0. The molecule has 84 valence electrons. The number of hydrogen-bond donors (Lipinski definition) is 1. The Labute approximate surface area is 95.8 Å². The third kappa shape index (κ3) is 1.81. The van der Waals surface area contributed by atoms with E-state index in [9.17, 15) is 5.11 Å². The quantitative estimate of drug-likeness (QED) is 0.783. The SMILES string of the molecule is CC(C)C1CCc2cc(C#N)ncc2C1O. The number of nitrogens with zero attached hydrogens (tertiary/aromatic N) is 2. The largest absolute Gasteiger partial charge is 0.388 e. The van der Waals surface area contributed by atoms with Crippen LogP contribution in [-0.4, -0.2) is 10.1 Å². The van der Waals surface area contributed by atoms with Crippen LogP contribution in [0.4, 0.5) is 0 Å². The van der Waals surface area contributed by atoms with Crippen molar-refractivity contribution in [2.75, 3.05) is 0 Å². The first-order valence-corrected chi connectivity index (χ1v) is 5.70. The van der Waals surface area contributed by atoms with Crippen LogP contribution in [0.2, 0.25) is 0 Å². The molecule has 0 aliphatic heterocycles. The molecular weight excluding hydrogens is 200 g/mol. The molecule has 2 rings (SSSR count). The highest BCUT2D eigenvalue weighted by Gasteiger charge is 2.30. The van der Waals surface area contributed by atoms with Crippen LogP contribution >= 0.6 is 0 Å². The van der Waals surface area contributed by atoms with Crippen LogP contribution in [0.25, 0.3) is 0 Å². The maximum Gasteiger partial charge on any atom is 0.140 e. The highest BCUT2D eigenvalue weighted by atomic mass is 16.3. The normalized spacial score (nSPS) is 23.9. The number of pyridine rings is 1. The number of fused-ring (bicyclic) bond motifs is 1. The second-order valence-electron chi connectivity index (χ2n) is 4.77. The first-order chi connectivity index (χ1) is 7.63. The van der Waals surface area contributed by atoms with Gasteiger partial charge in [0.2, 0.25) is 0 Å². The summed E-state index contributed by atoms with van der Waals surface area (Å²) >= 11 is 0. The van der Waals surface area contributed by atoms with Gasteiger partial charge in [-0.2, -0.15) is 5.26 Å². The second-order valence-corrected chi connectivity index (χ2v) is 4.77. The van der Waals surface area contributed by atoms with Gasteiger partial charge in [-0.05, 0) is 36.3 Å². The Balaban J connectivity index is 2.36. The minimum Gasteiger partial charge on any atom is -0.388 e. The molecule has 0 saturated heterocycles. The lowest BCUT2D eigenvalue weighted by atomic mass is 9.76. The molecule has 3 nitrogen and oxygen atoms in total. The number of aliphatic hydroxyl groups is 1. The number of aromatic nitrogens is 1. The average molecular weight is 216 g/mol. The first-order valence-electron chi connectivity index (χ1n) is 5.70. The maximum absolute atomic E-state index is 10.2. The van der Waals surface area contributed by atoms with Crippen LogP contribution in [0.3, 0.4) is 0 Å². The summed E-state index contributed by atoms with van der Waals surface area (Å²) in [6.45, 7) is 4.27. The van der Waals surface area contributed by atoms with Crippen LogP contribution in [0.1, 0.15) is 43.2 Å². The van der Waals surface area contributed by atoms with Gasteiger partial charge >= 0.3 is 0 Å². The monoisotopic (exact) mass is 216 g/mol. The Hall–Kier alpha value is -1.40. The first kappa shape index (κ1) is 11.1. The minimum atomic E-state index is -0.427. The summed E-state index contributed by atoms with van der Waals surface area (Å²) < 4.78 is 0. The number of nitriles is 1. The number of aryl methyl sites for hydroxylation is 1. The van der Waals surface area contributed by atoms with Crippen LogP contribution in [-0.2, 0) is 6.42 Å². The maximum atomic E-state index is 10.2. The van der Waals surface area contributed by atoms with Crippen LogP contribution < -0.4 is 0 Å². The lowest BCUT2D eigenvalue weighted by molar-refractivity contribution is 0.0666. The van der Waals surface area contributed by atoms with Crippen molar-refractivity contribution in [3.05, 3.63) is 29.1 Å². The molecule has 0 fully saturated rings. The van der Waals surface area contributed by atoms with E-state index >= 15 is 0 Å². The van der Waals surface area contributed by atoms with Crippen molar-refractivity contribution in [1.82, 2.24) is 4.98 Å². The van der Waals surface area contributed by atoms with E-state index in [4.69, 9.17) is 5.26 Å². The third-order valence-corrected chi connectivity index (χ3v) is 3.47. The summed E-state index contributed by atoms with van der Waals surface area (Å²) in [4.78, 5) is 4.03. The molecule has 0 amide bonds. The summed E-state index contributed by atoms with van der Waals surface area (Å²) in [5.74, 6) is 0.779. The molecule has 2 unspecified atom stereocenters. The molecule has 1 aromatic rings. The van der Waals surface area contributed by atoms with E-state index in [1.165, 1.54) is 0 Å². The zero-order valence-corrected chi connectivity index (χ0v) is 9.64. The molecule has 16 heavy (non-hydrogen) atoms. The lowest BCUT2D eigenvalue weighted by Crippen LogP contribution is -2.25. The van der Waals surface area contributed by atoms with Gasteiger partial charge in [-0.1, -0.05) is 13.8 Å². The predicted molar refractivity (Wildman–Crippen MR) is 60.6 cm³/mol. The molecule has 1 aliphatic carbocycles. The highest BCUT2D eigenvalue weighted by molar-refractivity contribution is 5.35. The van der Waals surface area contributed by atoms with Gasteiger partial charge in [-0.15, -0.1) is 0 Å². The predicted octanol–water partition coefficient (Wildman–Crippen LogP) is 2.21. The van der Waals surface area contributed by atoms with Crippen molar-refractivity contribution in [2.24, 2.45) is 11.8 Å². The van der Waals surface area contributed by atoms with E-state index in [1.54, 1.807) is 12.3 Å². The molecular formula is C13H16N2O. The van der Waals surface area contributed by atoms with Gasteiger partial charge in [0.05, 0.1) is 6.10 Å². The Bertz CT molecular complexity index is 434. The Kier molecular flexibility index (Phi) is 2.93. The number of aliphatic hydroxyl groups excluding tert-OH is 1. The van der Waals surface area contributed by atoms with Crippen molar-refractivity contribution in [2.45, 2.75) is 32.8 Å². The van der Waals surface area contributed by atoms with Crippen molar-refractivity contribution in [1.29, 1.82) is 5.26 Å². The molecule has 0 spiro atoms. The molecule has 1 heterocycles. The molecule has 2 atom stereocenters. The zero-order valence-electron chi connectivity index (χ0n) is 9.64. The standard InChI is InChI=1S/C13H16N2O/c1-8(2)11-4-3-9-5-10(6-14)15-7-12(9)13(11)16/h5,7-8,11,13,16H,3-4H2,1-2H3. The molecule has 3 heteroatoms. The summed E-state index contributed by atoms with van der Waals surface area (Å²) in [6.07, 6.45) is 3.16. The van der Waals surface area contributed by atoms with Crippen LogP contribution in [0, 0.1) is 23.2 Å². The van der Waals surface area contributed by atoms with E-state index in [1.807, 2.05) is 6.07 Å². The van der Waals surface area contributed by atoms with Crippen molar-refractivity contribution in [3.8, 4) is 6.07 Å². The molecule has 1 aliphatic rings. The van der Waals surface area contributed by atoms with E-state index in [0.717, 1.165) is 24.0 Å². The van der Waals surface area contributed by atoms with E-state index in [0.29, 0.717) is 17.5 Å². The van der Waals surface area contributed by atoms with Crippen molar-refractivity contribution in [3.63, 3.8) is 0 Å². The van der Waals surface area contributed by atoms with Gasteiger partial charge in [0.15, 0.2) is 0 Å². The molecule has 0 bridgehead atoms. The Morgan fingerprint density at radius 3 is 2.94 bits per heavy atom. The fraction of sp³-hybridized carbons (Fsp3) is 0.538. The lowest BCUT2D eigenvalue weighted by Gasteiger charge is -2.32. The smallest absolute Gasteiger partial charge is 0.140 e. The fourth-order valence-corrected chi connectivity index (χ4v) is 2.46. The Morgan fingerprint density at radius 1 is 1.56 bits per heavy atom. The van der Waals surface area contributed by atoms with Crippen molar-refractivity contribution < 1.29 is 5.11 Å². The fourth-order valence-electron chi connectivity index (χ4n) is 2.46. The topological polar surface area (TPSA) is 56.9 Å². The third-order valence-electron chi connectivity index (χ3n) is 3.47. The van der Waals surface area contributed by atoms with Crippen molar-refractivity contribution >= 4 is 0 Å². The van der Waals surface area contributed by atoms with Gasteiger partial charge in [0.25, 0.3) is 0 Å². The second kappa shape index (κ2) is 4.23. The highest BCUT2D eigenvalue weighted by Crippen LogP contribution is 2.38. The van der Waals surface area contributed by atoms with Gasteiger partial charge in [-0.25, -0.2) is 4.98 Å². The summed E-state index contributed by atoms with van der Waals surface area (Å²) in [5, 5.41) is 19.0. The van der Waals surface area contributed by atoms with Gasteiger partial charge < -0.3 is 5.11 Å². The summed E-state index contributed by atoms with van der Waals surface area (Å²) in [6, 6.07) is 3.83. The average Bonchev–Trinajstić information content (AvgIpc) is 2.28. The molecule has 1 N–H and O–H groups in total. The summed E-state index contributed by atoms with van der Waals surface area (Å²) in [5.41, 5.74) is 2.42. The Morgan fingerprint density at radius 2 is 2.31 bits per heavy atom. The van der Waals surface area contributed by atoms with Gasteiger partial charge in [0, 0.05) is 11.8 Å². The molecule has 0 saturated carbocycles. The number of rotatable bonds is 1. The van der Waals surface area contributed by atoms with Gasteiger partial charge in [0.1, 0.15) is 11.8 Å². The van der Waals surface area contributed by atoms with E-state index < -0.39 is 6.10 Å². The van der Waals surface area contributed by atoms with Crippen LogP contribution in [0.5, 0.6) is 0 Å². The molecule has 1 aromatic heterocycles. The van der Waals surface area contributed by atoms with Gasteiger partial charge in [-0.3, -0.25) is 0 Å². The van der Waals surface area contributed by atoms with Crippen LogP contribution in [0.15, 0.2) is 12.3 Å². The van der Waals surface area contributed by atoms with E-state index in [-0.39, 0.29) is 0 Å². The minimum absolute atomic E-state index is 0.308. The zero-order chi connectivity index (χ0) is 11.7. The molecule has 0 aromatic carbocycles. The van der Waals surface area contributed by atoms with E-state index in [2.05, 4.69) is 18.8 Å². The number of hydrogen-bond acceptors (Lipinski definition) is 3.